The van der Waals surface area contributed by atoms with Gasteiger partial charge in [-0.25, -0.2) is 9.67 Å². The topological polar surface area (TPSA) is 68.8 Å². The molecule has 1 amide bonds. The monoisotopic (exact) mass is 334 g/mol. The van der Waals surface area contributed by atoms with Gasteiger partial charge in [0.2, 0.25) is 5.91 Å². The van der Waals surface area contributed by atoms with E-state index in [-0.39, 0.29) is 11.8 Å². The Morgan fingerprint density at radius 1 is 1.12 bits per heavy atom. The van der Waals surface area contributed by atoms with Crippen molar-refractivity contribution < 1.29 is 4.79 Å². The van der Waals surface area contributed by atoms with Crippen LogP contribution in [-0.4, -0.2) is 35.4 Å². The number of carbonyl (C=O) groups is 1. The summed E-state index contributed by atoms with van der Waals surface area (Å²) in [6.45, 7) is 2.03. The molecule has 7 nitrogen and oxygen atoms in total. The van der Waals surface area contributed by atoms with Crippen LogP contribution in [-0.2, 0) is 30.8 Å². The molecular weight excluding hydrogens is 316 g/mol. The number of fused-ring (bicyclic) bond motifs is 2. The lowest BCUT2D eigenvalue weighted by atomic mass is 9.96. The minimum Gasteiger partial charge on any atom is -0.332 e. The smallest absolute Gasteiger partial charge is 0.226 e. The van der Waals surface area contributed by atoms with E-state index >= 15 is 0 Å². The van der Waals surface area contributed by atoms with E-state index in [9.17, 15) is 4.79 Å². The standard InChI is InChI=1S/C18H18N6O/c25-18(13-6-7-23-17(8-13)19-12-21-23)22-10-14-9-20-24(16(14)11-22)15-4-2-1-3-5-15/h1-5,9,12-13H,6-8,10-11H2. The van der Waals surface area contributed by atoms with E-state index in [1.165, 1.54) is 0 Å². The molecule has 25 heavy (non-hydrogen) atoms. The molecule has 2 aliphatic rings. The highest BCUT2D eigenvalue weighted by molar-refractivity contribution is 5.79. The quantitative estimate of drug-likeness (QED) is 0.713. The van der Waals surface area contributed by atoms with Crippen molar-refractivity contribution >= 4 is 5.91 Å². The second kappa shape index (κ2) is 5.54. The maximum absolute atomic E-state index is 13.0. The molecule has 3 aromatic rings. The van der Waals surface area contributed by atoms with Gasteiger partial charge in [-0.1, -0.05) is 18.2 Å². The molecular formula is C18H18N6O. The number of hydrogen-bond donors (Lipinski definition) is 0. The molecule has 2 aliphatic heterocycles. The fourth-order valence-corrected chi connectivity index (χ4v) is 3.80. The lowest BCUT2D eigenvalue weighted by Gasteiger charge is -2.26. The molecule has 0 radical (unpaired) electrons. The van der Waals surface area contributed by atoms with Crippen LogP contribution in [0.5, 0.6) is 0 Å². The molecule has 2 aromatic heterocycles. The van der Waals surface area contributed by atoms with Gasteiger partial charge in [0.15, 0.2) is 0 Å². The molecule has 0 bridgehead atoms. The van der Waals surface area contributed by atoms with Gasteiger partial charge < -0.3 is 4.90 Å². The van der Waals surface area contributed by atoms with Crippen molar-refractivity contribution in [2.75, 3.05) is 0 Å². The third kappa shape index (κ3) is 2.34. The summed E-state index contributed by atoms with van der Waals surface area (Å²) < 4.78 is 3.84. The Bertz CT molecular complexity index is 928. The van der Waals surface area contributed by atoms with Crippen LogP contribution in [0.2, 0.25) is 0 Å². The number of nitrogens with zero attached hydrogens (tertiary/aromatic N) is 6. The maximum Gasteiger partial charge on any atom is 0.226 e. The van der Waals surface area contributed by atoms with Crippen molar-refractivity contribution in [3.63, 3.8) is 0 Å². The predicted octanol–water partition coefficient (Wildman–Crippen LogP) is 1.57. The summed E-state index contributed by atoms with van der Waals surface area (Å²) in [5, 5.41) is 8.68. The molecule has 7 heteroatoms. The fourth-order valence-electron chi connectivity index (χ4n) is 3.80. The Kier molecular flexibility index (Phi) is 3.19. The van der Waals surface area contributed by atoms with Crippen molar-refractivity contribution in [2.45, 2.75) is 32.5 Å². The van der Waals surface area contributed by atoms with Crippen LogP contribution in [0.3, 0.4) is 0 Å². The van der Waals surface area contributed by atoms with Crippen LogP contribution < -0.4 is 0 Å². The van der Waals surface area contributed by atoms with E-state index in [4.69, 9.17) is 0 Å². The van der Waals surface area contributed by atoms with Crippen molar-refractivity contribution in [3.05, 3.63) is 59.9 Å². The summed E-state index contributed by atoms with van der Waals surface area (Å²) in [5.74, 6) is 1.13. The van der Waals surface area contributed by atoms with Gasteiger partial charge in [0.1, 0.15) is 12.2 Å². The van der Waals surface area contributed by atoms with Crippen LogP contribution in [0.4, 0.5) is 0 Å². The average Bonchev–Trinajstić information content (AvgIpc) is 3.36. The normalized spacial score (nSPS) is 18.9. The van der Waals surface area contributed by atoms with Crippen molar-refractivity contribution in [2.24, 2.45) is 5.92 Å². The van der Waals surface area contributed by atoms with E-state index in [0.29, 0.717) is 19.5 Å². The molecule has 1 atom stereocenters. The second-order valence-corrected chi connectivity index (χ2v) is 6.65. The summed E-state index contributed by atoms with van der Waals surface area (Å²) in [6.07, 6.45) is 4.96. The van der Waals surface area contributed by atoms with Crippen LogP contribution in [0.15, 0.2) is 42.9 Å². The van der Waals surface area contributed by atoms with E-state index in [1.807, 2.05) is 50.8 Å². The molecule has 0 spiro atoms. The van der Waals surface area contributed by atoms with E-state index in [0.717, 1.165) is 35.7 Å². The first-order chi connectivity index (χ1) is 12.3. The number of carbonyl (C=O) groups excluding carboxylic acids is 1. The number of aromatic nitrogens is 5. The van der Waals surface area contributed by atoms with Gasteiger partial charge in [-0.2, -0.15) is 10.2 Å². The molecule has 0 N–H and O–H groups in total. The highest BCUT2D eigenvalue weighted by Crippen LogP contribution is 2.28. The average molecular weight is 334 g/mol. The summed E-state index contributed by atoms with van der Waals surface area (Å²) in [7, 11) is 0. The summed E-state index contributed by atoms with van der Waals surface area (Å²) >= 11 is 0. The largest absolute Gasteiger partial charge is 0.332 e. The molecule has 126 valence electrons. The van der Waals surface area contributed by atoms with Crippen LogP contribution in [0.25, 0.3) is 5.69 Å². The summed E-state index contributed by atoms with van der Waals surface area (Å²) in [4.78, 5) is 19.2. The van der Waals surface area contributed by atoms with Gasteiger partial charge in [-0.05, 0) is 18.6 Å². The zero-order valence-electron chi connectivity index (χ0n) is 13.7. The predicted molar refractivity (Wildman–Crippen MR) is 89.7 cm³/mol. The maximum atomic E-state index is 13.0. The van der Waals surface area contributed by atoms with Crippen LogP contribution in [0, 0.1) is 5.92 Å². The van der Waals surface area contributed by atoms with E-state index < -0.39 is 0 Å². The first kappa shape index (κ1) is 14.4. The molecule has 0 aliphatic carbocycles. The Labute approximate surface area is 144 Å². The number of hydrogen-bond acceptors (Lipinski definition) is 4. The van der Waals surface area contributed by atoms with Gasteiger partial charge in [0.25, 0.3) is 0 Å². The Morgan fingerprint density at radius 2 is 2.00 bits per heavy atom. The molecule has 1 unspecified atom stereocenters. The number of para-hydroxylation sites is 1. The molecule has 4 heterocycles. The minimum absolute atomic E-state index is 0.00107. The number of amides is 1. The van der Waals surface area contributed by atoms with Crippen molar-refractivity contribution in [1.82, 2.24) is 29.4 Å². The van der Waals surface area contributed by atoms with Gasteiger partial charge >= 0.3 is 0 Å². The third-order valence-corrected chi connectivity index (χ3v) is 5.13. The molecule has 0 saturated carbocycles. The first-order valence-corrected chi connectivity index (χ1v) is 8.56. The number of benzene rings is 1. The number of aryl methyl sites for hydroxylation is 1. The lowest BCUT2D eigenvalue weighted by molar-refractivity contribution is -0.137. The SMILES string of the molecule is O=C(C1CCn2ncnc2C1)N1Cc2cnn(-c3ccccc3)c2C1. The fraction of sp³-hybridized carbons (Fsp3) is 0.333. The summed E-state index contributed by atoms with van der Waals surface area (Å²) in [6, 6.07) is 10.1. The van der Waals surface area contributed by atoms with E-state index in [1.54, 1.807) is 6.33 Å². The van der Waals surface area contributed by atoms with Crippen molar-refractivity contribution in [3.8, 4) is 5.69 Å². The first-order valence-electron chi connectivity index (χ1n) is 8.56. The summed E-state index contributed by atoms with van der Waals surface area (Å²) in [5.41, 5.74) is 3.28. The molecule has 0 saturated heterocycles. The zero-order valence-corrected chi connectivity index (χ0v) is 13.7. The van der Waals surface area contributed by atoms with Crippen molar-refractivity contribution in [1.29, 1.82) is 0 Å². The Morgan fingerprint density at radius 3 is 2.88 bits per heavy atom. The minimum atomic E-state index is -0.00107. The zero-order chi connectivity index (χ0) is 16.8. The van der Waals surface area contributed by atoms with Gasteiger partial charge in [-0.15, -0.1) is 0 Å². The third-order valence-electron chi connectivity index (χ3n) is 5.13. The second-order valence-electron chi connectivity index (χ2n) is 6.65. The van der Waals surface area contributed by atoms with Gasteiger partial charge in [-0.3, -0.25) is 9.48 Å². The molecule has 5 rings (SSSR count). The molecule has 1 aromatic carbocycles. The van der Waals surface area contributed by atoms with Gasteiger partial charge in [0, 0.05) is 31.0 Å². The number of rotatable bonds is 2. The van der Waals surface area contributed by atoms with Crippen LogP contribution >= 0.6 is 0 Å². The lowest BCUT2D eigenvalue weighted by Crippen LogP contribution is -2.36. The Balaban J connectivity index is 1.35. The highest BCUT2D eigenvalue weighted by Gasteiger charge is 2.34. The van der Waals surface area contributed by atoms with E-state index in [2.05, 4.69) is 15.2 Å². The molecule has 0 fully saturated rings. The Hall–Kier alpha value is -2.96. The van der Waals surface area contributed by atoms with Crippen LogP contribution in [0.1, 0.15) is 23.5 Å². The highest BCUT2D eigenvalue weighted by atomic mass is 16.2. The van der Waals surface area contributed by atoms with Gasteiger partial charge in [0.05, 0.1) is 24.1 Å².